The van der Waals surface area contributed by atoms with Crippen molar-refractivity contribution in [2.24, 2.45) is 0 Å². The average Bonchev–Trinajstić information content (AvgIpc) is 3.67. The molecule has 0 atom stereocenters. The minimum atomic E-state index is 0.790. The van der Waals surface area contributed by atoms with Gasteiger partial charge in [0.1, 0.15) is 17.3 Å². The van der Waals surface area contributed by atoms with Gasteiger partial charge in [-0.2, -0.15) is 0 Å². The first-order valence-corrected chi connectivity index (χ1v) is 13.6. The van der Waals surface area contributed by atoms with Gasteiger partial charge >= 0.3 is 0 Å². The normalized spacial score (nSPS) is 13.9. The molecule has 0 amide bonds. The Labute approximate surface area is 219 Å². The van der Waals surface area contributed by atoms with Gasteiger partial charge < -0.3 is 14.0 Å². The van der Waals surface area contributed by atoms with Crippen LogP contribution in [0.25, 0.3) is 11.4 Å². The summed E-state index contributed by atoms with van der Waals surface area (Å²) < 4.78 is 13.9. The molecule has 0 saturated heterocycles. The van der Waals surface area contributed by atoms with Crippen molar-refractivity contribution in [3.63, 3.8) is 0 Å². The Morgan fingerprint density at radius 3 is 2.08 bits per heavy atom. The van der Waals surface area contributed by atoms with Crippen molar-refractivity contribution in [1.29, 1.82) is 0 Å². The van der Waals surface area contributed by atoms with Gasteiger partial charge in [-0.15, -0.1) is 0 Å². The number of ether oxygens (including phenoxy) is 2. The van der Waals surface area contributed by atoms with Crippen LogP contribution in [-0.4, -0.2) is 27.7 Å². The van der Waals surface area contributed by atoms with Gasteiger partial charge in [-0.05, 0) is 40.8 Å². The smallest absolute Gasteiger partial charge is 0.140 e. The molecule has 0 saturated carbocycles. The van der Waals surface area contributed by atoms with Crippen LogP contribution < -0.4 is 9.47 Å². The summed E-state index contributed by atoms with van der Waals surface area (Å²) in [7, 11) is 0. The molecule has 0 fully saturated rings. The quantitative estimate of drug-likeness (QED) is 0.255. The summed E-state index contributed by atoms with van der Waals surface area (Å²) in [4.78, 5) is 7.45. The average molecular weight is 494 g/mol. The van der Waals surface area contributed by atoms with Gasteiger partial charge in [0.2, 0.25) is 0 Å². The van der Waals surface area contributed by atoms with Gasteiger partial charge in [0, 0.05) is 44.6 Å². The van der Waals surface area contributed by atoms with Crippen LogP contribution in [0.3, 0.4) is 0 Å². The van der Waals surface area contributed by atoms with Crippen molar-refractivity contribution in [3.8, 4) is 22.9 Å². The summed E-state index contributed by atoms with van der Waals surface area (Å²) in [6.07, 6.45) is 6.37. The lowest BCUT2D eigenvalue weighted by molar-refractivity contribution is 0.241. The minimum absolute atomic E-state index is 0.790. The summed E-state index contributed by atoms with van der Waals surface area (Å²) >= 11 is 0. The van der Waals surface area contributed by atoms with Gasteiger partial charge in [0.15, 0.2) is 0 Å². The lowest BCUT2D eigenvalue weighted by Crippen LogP contribution is -2.24. The summed E-state index contributed by atoms with van der Waals surface area (Å²) in [6, 6.07) is 23.9. The number of benzene rings is 3. The van der Waals surface area contributed by atoms with Crippen molar-refractivity contribution in [2.75, 3.05) is 13.2 Å². The Balaban J connectivity index is 1.30. The van der Waals surface area contributed by atoms with Gasteiger partial charge in [0.05, 0.1) is 25.1 Å². The van der Waals surface area contributed by atoms with Crippen LogP contribution in [-0.2, 0) is 39.0 Å². The second-order valence-corrected chi connectivity index (χ2v) is 10.2. The number of nitrogens with zero attached hydrogens (tertiary/aromatic N) is 3. The molecule has 2 aliphatic heterocycles. The van der Waals surface area contributed by atoms with Crippen molar-refractivity contribution < 1.29 is 9.47 Å². The Morgan fingerprint density at radius 1 is 0.811 bits per heavy atom. The van der Waals surface area contributed by atoms with Crippen molar-refractivity contribution in [1.82, 2.24) is 14.5 Å². The Morgan fingerprint density at radius 2 is 1.46 bits per heavy atom. The molecule has 2 aliphatic rings. The van der Waals surface area contributed by atoms with Crippen LogP contribution in [0.1, 0.15) is 47.7 Å². The maximum absolute atomic E-state index is 5.75. The zero-order chi connectivity index (χ0) is 25.0. The molecule has 37 heavy (non-hydrogen) atoms. The van der Waals surface area contributed by atoms with E-state index in [9.17, 15) is 0 Å². The number of hydrogen-bond acceptors (Lipinski definition) is 4. The van der Waals surface area contributed by atoms with Crippen molar-refractivity contribution in [2.45, 2.75) is 58.8 Å². The molecular weight excluding hydrogens is 458 g/mol. The van der Waals surface area contributed by atoms with Crippen LogP contribution in [0, 0.1) is 0 Å². The second-order valence-electron chi connectivity index (χ2n) is 10.2. The third kappa shape index (κ3) is 5.28. The SMILES string of the molecule is CCCCn1c(CN(Cc2ccc3c(c2)CCO3)Cc2ccc3c(c2)CCO3)cnc1-c1ccccc1. The van der Waals surface area contributed by atoms with E-state index in [4.69, 9.17) is 14.5 Å². The largest absolute Gasteiger partial charge is 0.493 e. The molecule has 0 aliphatic carbocycles. The molecule has 6 rings (SSSR count). The molecule has 3 heterocycles. The Bertz CT molecular complexity index is 1300. The fraction of sp³-hybridized carbons (Fsp3) is 0.344. The van der Waals surface area contributed by atoms with Crippen molar-refractivity contribution >= 4 is 0 Å². The fourth-order valence-corrected chi connectivity index (χ4v) is 5.51. The lowest BCUT2D eigenvalue weighted by Gasteiger charge is -2.24. The highest BCUT2D eigenvalue weighted by Crippen LogP contribution is 2.29. The van der Waals surface area contributed by atoms with Crippen molar-refractivity contribution in [3.05, 3.63) is 101 Å². The maximum atomic E-state index is 5.75. The van der Waals surface area contributed by atoms with Gasteiger partial charge in [0.25, 0.3) is 0 Å². The number of unbranched alkanes of at least 4 members (excludes halogenated alkanes) is 1. The van der Waals surface area contributed by atoms with Crippen LogP contribution >= 0.6 is 0 Å². The molecule has 3 aromatic carbocycles. The molecule has 0 spiro atoms. The standard InChI is InChI=1S/C32H35N3O2/c1-2-3-15-35-29(20-33-32(35)26-7-5-4-6-8-26)23-34(21-24-9-11-30-27(18-24)13-16-36-30)22-25-10-12-31-28(19-25)14-17-37-31/h4-12,18-20H,2-3,13-17,21-23H2,1H3. The number of rotatable bonds is 10. The first kappa shape index (κ1) is 23.8. The first-order chi connectivity index (χ1) is 18.3. The van der Waals surface area contributed by atoms with Gasteiger partial charge in [-0.25, -0.2) is 4.98 Å². The Kier molecular flexibility index (Phi) is 6.96. The van der Waals surface area contributed by atoms with E-state index in [1.807, 2.05) is 0 Å². The number of aromatic nitrogens is 2. The Hall–Kier alpha value is -3.57. The van der Waals surface area contributed by atoms with Crippen LogP contribution in [0.5, 0.6) is 11.5 Å². The molecule has 0 radical (unpaired) electrons. The molecule has 0 unspecified atom stereocenters. The predicted octanol–water partition coefficient (Wildman–Crippen LogP) is 6.42. The molecule has 1 aromatic heterocycles. The molecule has 5 heteroatoms. The maximum Gasteiger partial charge on any atom is 0.140 e. The molecule has 5 nitrogen and oxygen atoms in total. The zero-order valence-corrected chi connectivity index (χ0v) is 21.7. The highest BCUT2D eigenvalue weighted by atomic mass is 16.5. The van der Waals surface area contributed by atoms with E-state index in [1.165, 1.54) is 33.5 Å². The van der Waals surface area contributed by atoms with E-state index in [2.05, 4.69) is 89.3 Å². The topological polar surface area (TPSA) is 39.5 Å². The molecular formula is C32H35N3O2. The lowest BCUT2D eigenvalue weighted by atomic mass is 10.1. The first-order valence-electron chi connectivity index (χ1n) is 13.6. The predicted molar refractivity (Wildman–Crippen MR) is 147 cm³/mol. The fourth-order valence-electron chi connectivity index (χ4n) is 5.51. The third-order valence-electron chi connectivity index (χ3n) is 7.41. The van der Waals surface area contributed by atoms with Crippen LogP contribution in [0.4, 0.5) is 0 Å². The van der Waals surface area contributed by atoms with Gasteiger partial charge in [-0.1, -0.05) is 67.9 Å². The molecule has 190 valence electrons. The van der Waals surface area contributed by atoms with Crippen LogP contribution in [0.2, 0.25) is 0 Å². The summed E-state index contributed by atoms with van der Waals surface area (Å²) in [5.74, 6) is 3.14. The monoisotopic (exact) mass is 493 g/mol. The van der Waals surface area contributed by atoms with E-state index in [0.29, 0.717) is 0 Å². The van der Waals surface area contributed by atoms with Gasteiger partial charge in [-0.3, -0.25) is 4.90 Å². The number of hydrogen-bond donors (Lipinski definition) is 0. The zero-order valence-electron chi connectivity index (χ0n) is 21.7. The molecule has 0 N–H and O–H groups in total. The highest BCUT2D eigenvalue weighted by Gasteiger charge is 2.19. The van der Waals surface area contributed by atoms with E-state index in [-0.39, 0.29) is 0 Å². The summed E-state index contributed by atoms with van der Waals surface area (Å²) in [6.45, 7) is 7.40. The van der Waals surface area contributed by atoms with E-state index >= 15 is 0 Å². The third-order valence-corrected chi connectivity index (χ3v) is 7.41. The molecule has 4 aromatic rings. The van der Waals surface area contributed by atoms with E-state index in [1.54, 1.807) is 0 Å². The van der Waals surface area contributed by atoms with E-state index in [0.717, 1.165) is 82.4 Å². The number of imidazole rings is 1. The van der Waals surface area contributed by atoms with Crippen LogP contribution in [0.15, 0.2) is 72.9 Å². The number of fused-ring (bicyclic) bond motifs is 2. The summed E-state index contributed by atoms with van der Waals surface area (Å²) in [5.41, 5.74) is 7.75. The molecule has 0 bridgehead atoms. The second kappa shape index (κ2) is 10.8. The summed E-state index contributed by atoms with van der Waals surface area (Å²) in [5, 5.41) is 0. The minimum Gasteiger partial charge on any atom is -0.493 e. The van der Waals surface area contributed by atoms with E-state index < -0.39 is 0 Å². The highest BCUT2D eigenvalue weighted by molar-refractivity contribution is 5.56.